The van der Waals surface area contributed by atoms with Crippen molar-refractivity contribution in [2.24, 2.45) is 0 Å². The normalized spacial score (nSPS) is 10.2. The lowest BCUT2D eigenvalue weighted by Crippen LogP contribution is -2.11. The third-order valence-corrected chi connectivity index (χ3v) is 4.82. The lowest BCUT2D eigenvalue weighted by molar-refractivity contribution is 0.102. The van der Waals surface area contributed by atoms with Crippen LogP contribution in [0.3, 0.4) is 0 Å². The molecule has 0 fully saturated rings. The Bertz CT molecular complexity index is 971. The summed E-state index contributed by atoms with van der Waals surface area (Å²) in [5.41, 5.74) is 3.23. The molecule has 0 aliphatic heterocycles. The zero-order chi connectivity index (χ0) is 18.5. The molecule has 3 rings (SSSR count). The molecule has 0 atom stereocenters. The molecule has 0 aliphatic carbocycles. The highest BCUT2D eigenvalue weighted by Gasteiger charge is 2.11. The predicted octanol–water partition coefficient (Wildman–Crippen LogP) is 4.17. The third-order valence-electron chi connectivity index (χ3n) is 3.91. The quantitative estimate of drug-likeness (QED) is 0.738. The maximum atomic E-state index is 12.4. The number of nitriles is 1. The molecule has 5 nitrogen and oxygen atoms in total. The van der Waals surface area contributed by atoms with Crippen LogP contribution in [0.2, 0.25) is 0 Å². The first-order valence-electron chi connectivity index (χ1n) is 7.99. The molecule has 26 heavy (non-hydrogen) atoms. The highest BCUT2D eigenvalue weighted by atomic mass is 32.1. The summed E-state index contributed by atoms with van der Waals surface area (Å²) in [5, 5.41) is 12.2. The first-order chi connectivity index (χ1) is 12.6. The zero-order valence-electron chi connectivity index (χ0n) is 14.4. The van der Waals surface area contributed by atoms with Crippen LogP contribution in [0.5, 0.6) is 5.75 Å². The van der Waals surface area contributed by atoms with E-state index in [0.717, 1.165) is 16.0 Å². The SMILES string of the molecule is COc1cc(C(=O)Nc2ncc(Cc3ccc(C#N)cc3)s2)ccc1C. The number of rotatable bonds is 5. The number of carbonyl (C=O) groups excluding carboxylic acids is 1. The third kappa shape index (κ3) is 4.08. The van der Waals surface area contributed by atoms with Crippen molar-refractivity contribution in [1.82, 2.24) is 4.98 Å². The van der Waals surface area contributed by atoms with E-state index in [4.69, 9.17) is 10.00 Å². The van der Waals surface area contributed by atoms with Crippen LogP contribution in [0.25, 0.3) is 0 Å². The monoisotopic (exact) mass is 363 g/mol. The summed E-state index contributed by atoms with van der Waals surface area (Å²) in [5.74, 6) is 0.459. The Balaban J connectivity index is 1.67. The number of aromatic nitrogens is 1. The lowest BCUT2D eigenvalue weighted by atomic mass is 10.1. The van der Waals surface area contributed by atoms with Gasteiger partial charge < -0.3 is 4.74 Å². The van der Waals surface area contributed by atoms with Crippen molar-refractivity contribution in [2.45, 2.75) is 13.3 Å². The fourth-order valence-electron chi connectivity index (χ4n) is 2.48. The minimum Gasteiger partial charge on any atom is -0.496 e. The number of amides is 1. The van der Waals surface area contributed by atoms with Gasteiger partial charge in [0.15, 0.2) is 5.13 Å². The fraction of sp³-hybridized carbons (Fsp3) is 0.150. The number of anilines is 1. The number of nitrogens with zero attached hydrogens (tertiary/aromatic N) is 2. The molecule has 130 valence electrons. The number of hydrogen-bond acceptors (Lipinski definition) is 5. The van der Waals surface area contributed by atoms with Crippen LogP contribution < -0.4 is 10.1 Å². The summed E-state index contributed by atoms with van der Waals surface area (Å²) in [6.45, 7) is 1.93. The second-order valence-corrected chi connectivity index (χ2v) is 6.87. The molecule has 2 aromatic carbocycles. The molecule has 0 radical (unpaired) electrons. The van der Waals surface area contributed by atoms with E-state index in [0.29, 0.717) is 28.4 Å². The average Bonchev–Trinajstić information content (AvgIpc) is 3.09. The molecule has 0 saturated heterocycles. The highest BCUT2D eigenvalue weighted by Crippen LogP contribution is 2.23. The second kappa shape index (κ2) is 7.81. The van der Waals surface area contributed by atoms with Crippen molar-refractivity contribution in [2.75, 3.05) is 12.4 Å². The minimum atomic E-state index is -0.220. The van der Waals surface area contributed by atoms with Gasteiger partial charge in [0.25, 0.3) is 5.91 Å². The van der Waals surface area contributed by atoms with Gasteiger partial charge in [0.1, 0.15) is 5.75 Å². The van der Waals surface area contributed by atoms with Gasteiger partial charge in [0, 0.05) is 23.1 Å². The molecule has 3 aromatic rings. The molecule has 0 unspecified atom stereocenters. The van der Waals surface area contributed by atoms with Crippen molar-refractivity contribution in [3.8, 4) is 11.8 Å². The number of aryl methyl sites for hydroxylation is 1. The molecule has 1 aromatic heterocycles. The summed E-state index contributed by atoms with van der Waals surface area (Å²) >= 11 is 1.43. The Labute approximate surface area is 155 Å². The van der Waals surface area contributed by atoms with Crippen LogP contribution in [0, 0.1) is 18.3 Å². The Hall–Kier alpha value is -3.17. The average molecular weight is 363 g/mol. The molecule has 0 aliphatic rings. The Morgan fingerprint density at radius 2 is 2.04 bits per heavy atom. The molecule has 1 amide bonds. The van der Waals surface area contributed by atoms with Gasteiger partial charge in [-0.3, -0.25) is 10.1 Å². The molecule has 0 spiro atoms. The largest absolute Gasteiger partial charge is 0.496 e. The van der Waals surface area contributed by atoms with Crippen molar-refractivity contribution < 1.29 is 9.53 Å². The van der Waals surface area contributed by atoms with Gasteiger partial charge in [-0.1, -0.05) is 18.2 Å². The number of carbonyl (C=O) groups is 1. The van der Waals surface area contributed by atoms with E-state index < -0.39 is 0 Å². The van der Waals surface area contributed by atoms with Crippen LogP contribution in [0.1, 0.15) is 31.9 Å². The van der Waals surface area contributed by atoms with Crippen LogP contribution in [-0.2, 0) is 6.42 Å². The van der Waals surface area contributed by atoms with Crippen LogP contribution in [-0.4, -0.2) is 18.0 Å². The van der Waals surface area contributed by atoms with E-state index in [9.17, 15) is 4.79 Å². The van der Waals surface area contributed by atoms with Crippen LogP contribution >= 0.6 is 11.3 Å². The van der Waals surface area contributed by atoms with Crippen molar-refractivity contribution >= 4 is 22.4 Å². The fourth-order valence-corrected chi connectivity index (χ4v) is 3.32. The van der Waals surface area contributed by atoms with Crippen LogP contribution in [0.4, 0.5) is 5.13 Å². The van der Waals surface area contributed by atoms with Gasteiger partial charge in [0.2, 0.25) is 0 Å². The van der Waals surface area contributed by atoms with Gasteiger partial charge >= 0.3 is 0 Å². The van der Waals surface area contributed by atoms with Gasteiger partial charge in [0.05, 0.1) is 18.7 Å². The number of thiazole rings is 1. The van der Waals surface area contributed by atoms with Gasteiger partial charge in [-0.05, 0) is 42.3 Å². The van der Waals surface area contributed by atoms with Crippen molar-refractivity contribution in [3.05, 3.63) is 75.8 Å². The van der Waals surface area contributed by atoms with E-state index in [-0.39, 0.29) is 5.91 Å². The smallest absolute Gasteiger partial charge is 0.257 e. The Morgan fingerprint density at radius 1 is 1.27 bits per heavy atom. The van der Waals surface area contributed by atoms with E-state index >= 15 is 0 Å². The maximum absolute atomic E-state index is 12.4. The van der Waals surface area contributed by atoms with Gasteiger partial charge in [-0.2, -0.15) is 5.26 Å². The molecule has 1 N–H and O–H groups in total. The number of nitrogens with one attached hydrogen (secondary N) is 1. The Kier molecular flexibility index (Phi) is 5.30. The zero-order valence-corrected chi connectivity index (χ0v) is 15.3. The number of ether oxygens (including phenoxy) is 1. The predicted molar refractivity (Wildman–Crippen MR) is 102 cm³/mol. The lowest BCUT2D eigenvalue weighted by Gasteiger charge is -2.07. The minimum absolute atomic E-state index is 0.220. The van der Waals surface area contributed by atoms with Crippen molar-refractivity contribution in [3.63, 3.8) is 0 Å². The molecular formula is C20H17N3O2S. The van der Waals surface area contributed by atoms with E-state index in [1.165, 1.54) is 11.3 Å². The van der Waals surface area contributed by atoms with Crippen molar-refractivity contribution in [1.29, 1.82) is 5.26 Å². The summed E-state index contributed by atoms with van der Waals surface area (Å²) in [6, 6.07) is 14.9. The van der Waals surface area contributed by atoms with E-state index in [2.05, 4.69) is 16.4 Å². The Morgan fingerprint density at radius 3 is 2.73 bits per heavy atom. The van der Waals surface area contributed by atoms with Gasteiger partial charge in [-0.15, -0.1) is 11.3 Å². The molecular weight excluding hydrogens is 346 g/mol. The molecule has 6 heteroatoms. The van der Waals surface area contributed by atoms with Gasteiger partial charge in [-0.25, -0.2) is 4.98 Å². The summed E-state index contributed by atoms with van der Waals surface area (Å²) in [7, 11) is 1.58. The second-order valence-electron chi connectivity index (χ2n) is 5.76. The standard InChI is InChI=1S/C20H17N3O2S/c1-13-3-8-16(10-18(13)25-2)19(24)23-20-22-12-17(26-20)9-14-4-6-15(11-21)7-5-14/h3-8,10,12H,9H2,1-2H3,(H,22,23,24). The summed E-state index contributed by atoms with van der Waals surface area (Å²) < 4.78 is 5.26. The molecule has 0 saturated carbocycles. The number of methoxy groups -OCH3 is 1. The molecule has 1 heterocycles. The number of benzene rings is 2. The topological polar surface area (TPSA) is 75.0 Å². The highest BCUT2D eigenvalue weighted by molar-refractivity contribution is 7.15. The first kappa shape index (κ1) is 17.6. The number of hydrogen-bond donors (Lipinski definition) is 1. The van der Waals surface area contributed by atoms with E-state index in [1.54, 1.807) is 37.6 Å². The molecule has 0 bridgehead atoms. The van der Waals surface area contributed by atoms with E-state index in [1.807, 2.05) is 25.1 Å². The summed E-state index contributed by atoms with van der Waals surface area (Å²) in [6.07, 6.45) is 2.46. The first-order valence-corrected chi connectivity index (χ1v) is 8.80. The summed E-state index contributed by atoms with van der Waals surface area (Å²) in [4.78, 5) is 17.7. The maximum Gasteiger partial charge on any atom is 0.257 e. The van der Waals surface area contributed by atoms with Crippen LogP contribution in [0.15, 0.2) is 48.7 Å².